The summed E-state index contributed by atoms with van der Waals surface area (Å²) in [5, 5.41) is 9.86. The molecule has 1 aliphatic heterocycles. The van der Waals surface area contributed by atoms with Gasteiger partial charge in [-0.3, -0.25) is 4.79 Å². The third-order valence-electron chi connectivity index (χ3n) is 3.95. The molecule has 0 radical (unpaired) electrons. The normalized spacial score (nSPS) is 22.0. The van der Waals surface area contributed by atoms with E-state index in [1.807, 2.05) is 55.4 Å². The van der Waals surface area contributed by atoms with Crippen LogP contribution in [0.5, 0.6) is 0 Å². The molecule has 1 aromatic carbocycles. The van der Waals surface area contributed by atoms with Crippen molar-refractivity contribution in [3.05, 3.63) is 48.0 Å². The Bertz CT molecular complexity index is 530. The number of ether oxygens (including phenoxy) is 1. The summed E-state index contributed by atoms with van der Waals surface area (Å²) in [5.74, 6) is -0.0268. The number of aliphatic hydroxyl groups excluding tert-OH is 1. The fraction of sp³-hybridized carbons (Fsp3) is 0.500. The van der Waals surface area contributed by atoms with Crippen molar-refractivity contribution in [1.82, 2.24) is 9.80 Å². The smallest absolute Gasteiger partial charge is 0.246 e. The molecule has 0 aromatic heterocycles. The van der Waals surface area contributed by atoms with Gasteiger partial charge in [0.05, 0.1) is 19.8 Å². The Morgan fingerprint density at radius 2 is 2.13 bits per heavy atom. The maximum Gasteiger partial charge on any atom is 0.246 e. The van der Waals surface area contributed by atoms with Gasteiger partial charge in [0.1, 0.15) is 5.60 Å². The van der Waals surface area contributed by atoms with E-state index in [1.54, 1.807) is 11.0 Å². The molecule has 23 heavy (non-hydrogen) atoms. The van der Waals surface area contributed by atoms with Crippen molar-refractivity contribution in [3.63, 3.8) is 0 Å². The third-order valence-corrected chi connectivity index (χ3v) is 3.95. The van der Waals surface area contributed by atoms with Crippen molar-refractivity contribution in [3.8, 4) is 0 Å². The van der Waals surface area contributed by atoms with Crippen molar-refractivity contribution in [1.29, 1.82) is 0 Å². The van der Waals surface area contributed by atoms with Gasteiger partial charge in [-0.25, -0.2) is 0 Å². The minimum atomic E-state index is -0.718. The van der Waals surface area contributed by atoms with E-state index in [-0.39, 0.29) is 12.5 Å². The minimum Gasteiger partial charge on any atom is -0.393 e. The highest BCUT2D eigenvalue weighted by Crippen LogP contribution is 2.23. The van der Waals surface area contributed by atoms with E-state index in [2.05, 4.69) is 0 Å². The largest absolute Gasteiger partial charge is 0.393 e. The standard InChI is InChI=1S/C18H26N2O3/c1-19(2)10-6-9-17(22)20-11-12-23-18(14-20,15-21)13-16-7-4-3-5-8-16/h3-9,21H,10-15H2,1-2H3/b9-6+/t18-/m0/s1. The summed E-state index contributed by atoms with van der Waals surface area (Å²) < 4.78 is 5.87. The molecule has 2 rings (SSSR count). The number of morpholine rings is 1. The van der Waals surface area contributed by atoms with E-state index >= 15 is 0 Å². The zero-order valence-corrected chi connectivity index (χ0v) is 13.9. The van der Waals surface area contributed by atoms with Gasteiger partial charge in [0.25, 0.3) is 0 Å². The van der Waals surface area contributed by atoms with Gasteiger partial charge in [0, 0.05) is 25.6 Å². The summed E-state index contributed by atoms with van der Waals surface area (Å²) in [4.78, 5) is 16.1. The molecule has 1 saturated heterocycles. The van der Waals surface area contributed by atoms with Crippen molar-refractivity contribution in [2.24, 2.45) is 0 Å². The Balaban J connectivity index is 2.02. The van der Waals surface area contributed by atoms with E-state index in [4.69, 9.17) is 4.74 Å². The van der Waals surface area contributed by atoms with E-state index in [1.165, 1.54) is 0 Å². The van der Waals surface area contributed by atoms with E-state index in [0.29, 0.717) is 26.1 Å². The van der Waals surface area contributed by atoms with Gasteiger partial charge >= 0.3 is 0 Å². The molecular formula is C18H26N2O3. The van der Waals surface area contributed by atoms with Gasteiger partial charge in [-0.05, 0) is 19.7 Å². The first-order valence-electron chi connectivity index (χ1n) is 7.94. The van der Waals surface area contributed by atoms with Crippen LogP contribution in [0.3, 0.4) is 0 Å². The third kappa shape index (κ3) is 5.16. The lowest BCUT2D eigenvalue weighted by atomic mass is 9.93. The highest BCUT2D eigenvalue weighted by Gasteiger charge is 2.37. The molecule has 1 N–H and O–H groups in total. The van der Waals surface area contributed by atoms with Crippen molar-refractivity contribution < 1.29 is 14.6 Å². The number of likely N-dealkylation sites (N-methyl/N-ethyl adjacent to an activating group) is 1. The predicted octanol–water partition coefficient (Wildman–Crippen LogP) is 0.937. The summed E-state index contributed by atoms with van der Waals surface area (Å²) in [6.07, 6.45) is 4.06. The van der Waals surface area contributed by atoms with Crippen molar-refractivity contribution in [2.45, 2.75) is 12.0 Å². The molecule has 1 fully saturated rings. The fourth-order valence-corrected chi connectivity index (χ4v) is 2.73. The maximum atomic E-state index is 12.3. The second-order valence-electron chi connectivity index (χ2n) is 6.28. The van der Waals surface area contributed by atoms with Gasteiger partial charge in [-0.15, -0.1) is 0 Å². The lowest BCUT2D eigenvalue weighted by Crippen LogP contribution is -2.56. The monoisotopic (exact) mass is 318 g/mol. The highest BCUT2D eigenvalue weighted by molar-refractivity contribution is 5.87. The van der Waals surface area contributed by atoms with Crippen molar-refractivity contribution >= 4 is 5.91 Å². The van der Waals surface area contributed by atoms with E-state index in [9.17, 15) is 9.90 Å². The minimum absolute atomic E-state index is 0.0268. The molecule has 0 spiro atoms. The van der Waals surface area contributed by atoms with Crippen LogP contribution in [0, 0.1) is 0 Å². The Hall–Kier alpha value is -1.69. The van der Waals surface area contributed by atoms with Crippen LogP contribution >= 0.6 is 0 Å². The van der Waals surface area contributed by atoms with Crippen LogP contribution in [0.25, 0.3) is 0 Å². The molecule has 126 valence electrons. The highest BCUT2D eigenvalue weighted by atomic mass is 16.5. The van der Waals surface area contributed by atoms with Crippen LogP contribution in [0.2, 0.25) is 0 Å². The van der Waals surface area contributed by atoms with Gasteiger partial charge < -0.3 is 19.6 Å². The Kier molecular flexibility index (Phi) is 6.33. The first-order chi connectivity index (χ1) is 11.0. The zero-order valence-electron chi connectivity index (χ0n) is 13.9. The Morgan fingerprint density at radius 1 is 1.39 bits per heavy atom. The molecule has 1 amide bonds. The molecule has 0 bridgehead atoms. The van der Waals surface area contributed by atoms with E-state index < -0.39 is 5.60 Å². The summed E-state index contributed by atoms with van der Waals surface area (Å²) in [6.45, 7) is 2.03. The molecule has 5 heteroatoms. The lowest BCUT2D eigenvalue weighted by molar-refractivity contribution is -0.153. The second-order valence-corrected chi connectivity index (χ2v) is 6.28. The molecule has 0 unspecified atom stereocenters. The molecule has 1 aliphatic rings. The Morgan fingerprint density at radius 3 is 2.78 bits per heavy atom. The number of hydrogen-bond acceptors (Lipinski definition) is 4. The van der Waals surface area contributed by atoms with Crippen LogP contribution in [0.4, 0.5) is 0 Å². The summed E-state index contributed by atoms with van der Waals surface area (Å²) >= 11 is 0. The number of carbonyl (C=O) groups excluding carboxylic acids is 1. The van der Waals surface area contributed by atoms with Gasteiger partial charge in [0.15, 0.2) is 0 Å². The van der Waals surface area contributed by atoms with Gasteiger partial charge in [-0.2, -0.15) is 0 Å². The number of hydrogen-bond donors (Lipinski definition) is 1. The molecule has 1 heterocycles. The number of rotatable bonds is 6. The average Bonchev–Trinajstić information content (AvgIpc) is 2.55. The molecule has 1 aromatic rings. The SMILES string of the molecule is CN(C)C/C=C/C(=O)N1CCO[C@@](CO)(Cc2ccccc2)C1. The van der Waals surface area contributed by atoms with Gasteiger partial charge in [-0.1, -0.05) is 36.4 Å². The topological polar surface area (TPSA) is 53.0 Å². The quantitative estimate of drug-likeness (QED) is 0.793. The maximum absolute atomic E-state index is 12.3. The fourth-order valence-electron chi connectivity index (χ4n) is 2.73. The van der Waals surface area contributed by atoms with Gasteiger partial charge in [0.2, 0.25) is 5.91 Å². The number of amides is 1. The molecule has 0 saturated carbocycles. The van der Waals surface area contributed by atoms with Crippen LogP contribution in [0.1, 0.15) is 5.56 Å². The second kappa shape index (κ2) is 8.24. The van der Waals surface area contributed by atoms with Crippen LogP contribution in [-0.2, 0) is 16.0 Å². The first-order valence-corrected chi connectivity index (χ1v) is 7.94. The molecule has 1 atom stereocenters. The number of aliphatic hydroxyl groups is 1. The zero-order chi connectivity index (χ0) is 16.7. The number of carbonyl (C=O) groups is 1. The molecular weight excluding hydrogens is 292 g/mol. The lowest BCUT2D eigenvalue weighted by Gasteiger charge is -2.41. The summed E-state index contributed by atoms with van der Waals surface area (Å²) in [7, 11) is 3.92. The number of benzene rings is 1. The summed E-state index contributed by atoms with van der Waals surface area (Å²) in [6, 6.07) is 9.92. The molecule has 0 aliphatic carbocycles. The molecule has 5 nitrogen and oxygen atoms in total. The Labute approximate surface area is 138 Å². The van der Waals surface area contributed by atoms with Crippen LogP contribution in [0.15, 0.2) is 42.5 Å². The number of nitrogens with zero attached hydrogens (tertiary/aromatic N) is 2. The van der Waals surface area contributed by atoms with Crippen LogP contribution < -0.4 is 0 Å². The van der Waals surface area contributed by atoms with Crippen LogP contribution in [-0.4, -0.2) is 73.4 Å². The predicted molar refractivity (Wildman–Crippen MR) is 90.2 cm³/mol. The van der Waals surface area contributed by atoms with E-state index in [0.717, 1.165) is 12.1 Å². The average molecular weight is 318 g/mol. The summed E-state index contributed by atoms with van der Waals surface area (Å²) in [5.41, 5.74) is 0.379. The first kappa shape index (κ1) is 17.7. The van der Waals surface area contributed by atoms with Crippen molar-refractivity contribution in [2.75, 3.05) is 46.9 Å².